The number of halogens is 4. The summed E-state index contributed by atoms with van der Waals surface area (Å²) in [5, 5.41) is 22.7. The summed E-state index contributed by atoms with van der Waals surface area (Å²) >= 11 is 0. The van der Waals surface area contributed by atoms with Crippen molar-refractivity contribution in [3.8, 4) is 0 Å². The Morgan fingerprint density at radius 2 is 2.00 bits per heavy atom. The van der Waals surface area contributed by atoms with Crippen molar-refractivity contribution in [2.45, 2.75) is 44.6 Å². The molecule has 1 aromatic heterocycles. The van der Waals surface area contributed by atoms with Gasteiger partial charge in [-0.25, -0.2) is 9.97 Å². The van der Waals surface area contributed by atoms with Gasteiger partial charge in [0.2, 0.25) is 11.7 Å². The number of rotatable bonds is 11. The van der Waals surface area contributed by atoms with Crippen molar-refractivity contribution in [1.29, 1.82) is 0 Å². The Balaban J connectivity index is 1.64. The summed E-state index contributed by atoms with van der Waals surface area (Å²) in [6.45, 7) is 2.95. The fraction of sp³-hybridized carbons (Fsp3) is 0.542. The maximum absolute atomic E-state index is 15.3. The second-order valence-electron chi connectivity index (χ2n) is 8.99. The average molecular weight is 529 g/mol. The Labute approximate surface area is 212 Å². The van der Waals surface area contributed by atoms with Crippen LogP contribution in [-0.2, 0) is 17.5 Å². The number of amides is 1. The quantitative estimate of drug-likeness (QED) is 0.326. The maximum atomic E-state index is 15.3. The van der Waals surface area contributed by atoms with E-state index in [-0.39, 0.29) is 50.2 Å². The highest BCUT2D eigenvalue weighted by Gasteiger charge is 2.33. The van der Waals surface area contributed by atoms with Crippen LogP contribution in [0.2, 0.25) is 0 Å². The average Bonchev–Trinajstić information content (AvgIpc) is 2.85. The van der Waals surface area contributed by atoms with Crippen LogP contribution in [0.4, 0.5) is 29.2 Å². The molecule has 2 heterocycles. The summed E-state index contributed by atoms with van der Waals surface area (Å²) in [6, 6.07) is 4.00. The molecule has 0 spiro atoms. The number of aliphatic hydroxyl groups excluding tert-OH is 2. The summed E-state index contributed by atoms with van der Waals surface area (Å²) in [6.07, 6.45) is -3.35. The van der Waals surface area contributed by atoms with Crippen molar-refractivity contribution in [2.75, 3.05) is 43.0 Å². The molecule has 37 heavy (non-hydrogen) atoms. The van der Waals surface area contributed by atoms with Crippen LogP contribution in [0.15, 0.2) is 30.6 Å². The molecule has 0 bridgehead atoms. The van der Waals surface area contributed by atoms with Crippen molar-refractivity contribution in [1.82, 2.24) is 14.9 Å². The number of nitrogens with zero attached hydrogens (tertiary/aromatic N) is 4. The molecule has 2 aromatic rings. The molecule has 0 saturated carbocycles. The lowest BCUT2D eigenvalue weighted by Gasteiger charge is -2.39. The molecular formula is C24H32F4N6O3. The molecule has 0 aliphatic carbocycles. The number of anilines is 2. The molecule has 3 atom stereocenters. The zero-order valence-electron chi connectivity index (χ0n) is 20.5. The Morgan fingerprint density at radius 1 is 1.30 bits per heavy atom. The molecule has 0 radical (unpaired) electrons. The van der Waals surface area contributed by atoms with Crippen LogP contribution < -0.4 is 16.0 Å². The maximum Gasteiger partial charge on any atom is 0.416 e. The van der Waals surface area contributed by atoms with E-state index in [1.165, 1.54) is 18.5 Å². The van der Waals surface area contributed by atoms with Gasteiger partial charge in [0.1, 0.15) is 6.33 Å². The number of aromatic nitrogens is 2. The van der Waals surface area contributed by atoms with Crippen LogP contribution >= 0.6 is 0 Å². The number of hydrogen-bond acceptors (Lipinski definition) is 8. The number of likely N-dealkylation sites (tertiary alicyclic amines) is 1. The van der Waals surface area contributed by atoms with Gasteiger partial charge in [0.05, 0.1) is 17.7 Å². The van der Waals surface area contributed by atoms with E-state index in [1.807, 2.05) is 0 Å². The molecule has 1 fully saturated rings. The van der Waals surface area contributed by atoms with Crippen LogP contribution in [0, 0.1) is 11.7 Å². The van der Waals surface area contributed by atoms with E-state index in [9.17, 15) is 28.2 Å². The number of nitrogens with one attached hydrogen (secondary N) is 1. The van der Waals surface area contributed by atoms with Crippen molar-refractivity contribution < 1.29 is 32.6 Å². The number of carbonyl (C=O) groups excluding carboxylic acids is 1. The molecule has 1 unspecified atom stereocenters. The van der Waals surface area contributed by atoms with Gasteiger partial charge >= 0.3 is 6.18 Å². The second-order valence-corrected chi connectivity index (χ2v) is 8.99. The first-order valence-corrected chi connectivity index (χ1v) is 12.0. The van der Waals surface area contributed by atoms with E-state index in [4.69, 9.17) is 5.73 Å². The van der Waals surface area contributed by atoms with Gasteiger partial charge in [0, 0.05) is 38.7 Å². The zero-order valence-corrected chi connectivity index (χ0v) is 20.5. The summed E-state index contributed by atoms with van der Waals surface area (Å²) < 4.78 is 53.8. The van der Waals surface area contributed by atoms with Crippen LogP contribution in [0.5, 0.6) is 0 Å². The van der Waals surface area contributed by atoms with Crippen molar-refractivity contribution >= 4 is 17.5 Å². The summed E-state index contributed by atoms with van der Waals surface area (Å²) in [5.41, 5.74) is 5.22. The monoisotopic (exact) mass is 528 g/mol. The molecule has 1 saturated heterocycles. The van der Waals surface area contributed by atoms with Crippen molar-refractivity contribution in [3.05, 3.63) is 47.5 Å². The van der Waals surface area contributed by atoms with Gasteiger partial charge in [-0.15, -0.1) is 0 Å². The fourth-order valence-corrected chi connectivity index (χ4v) is 4.44. The van der Waals surface area contributed by atoms with E-state index < -0.39 is 35.6 Å². The second kappa shape index (κ2) is 12.5. The molecule has 1 aliphatic rings. The molecule has 13 heteroatoms. The van der Waals surface area contributed by atoms with Crippen LogP contribution in [0.3, 0.4) is 0 Å². The minimum Gasteiger partial charge on any atom is -0.396 e. The lowest BCUT2D eigenvalue weighted by Crippen LogP contribution is -2.54. The third-order valence-corrected chi connectivity index (χ3v) is 6.56. The molecule has 5 N–H and O–H groups in total. The first-order valence-electron chi connectivity index (χ1n) is 12.0. The minimum absolute atomic E-state index is 0.00330. The number of carbonyl (C=O) groups is 1. The summed E-state index contributed by atoms with van der Waals surface area (Å²) in [5.74, 6) is -1.57. The van der Waals surface area contributed by atoms with Gasteiger partial charge in [-0.1, -0.05) is 12.1 Å². The highest BCUT2D eigenvalue weighted by molar-refractivity contribution is 5.79. The van der Waals surface area contributed by atoms with Crippen LogP contribution in [-0.4, -0.2) is 75.9 Å². The fourth-order valence-electron chi connectivity index (χ4n) is 4.44. The molecule has 1 aromatic carbocycles. The Morgan fingerprint density at radius 3 is 2.57 bits per heavy atom. The van der Waals surface area contributed by atoms with Gasteiger partial charge in [-0.3, -0.25) is 9.69 Å². The summed E-state index contributed by atoms with van der Waals surface area (Å²) in [7, 11) is 0. The number of hydrogen-bond donors (Lipinski definition) is 4. The number of alkyl halides is 3. The van der Waals surface area contributed by atoms with Gasteiger partial charge in [0.15, 0.2) is 11.6 Å². The SMILES string of the molecule is CCN(Cc1ccc(C(F)(F)F)cc1)c1ncnc(NC[C@@H]2CCN(C(CCO)C(N)=O)C[C@H]2O)c1F. The van der Waals surface area contributed by atoms with Crippen LogP contribution in [0.1, 0.15) is 30.9 Å². The largest absolute Gasteiger partial charge is 0.416 e. The lowest BCUT2D eigenvalue weighted by atomic mass is 9.92. The number of piperidine rings is 1. The van der Waals surface area contributed by atoms with Crippen molar-refractivity contribution in [3.63, 3.8) is 0 Å². The van der Waals surface area contributed by atoms with E-state index in [1.54, 1.807) is 16.7 Å². The zero-order chi connectivity index (χ0) is 27.2. The van der Waals surface area contributed by atoms with Crippen molar-refractivity contribution in [2.24, 2.45) is 11.7 Å². The molecule has 1 amide bonds. The number of aliphatic hydroxyl groups is 2. The van der Waals surface area contributed by atoms with Gasteiger partial charge < -0.3 is 26.2 Å². The van der Waals surface area contributed by atoms with Gasteiger partial charge in [-0.05, 0) is 44.0 Å². The van der Waals surface area contributed by atoms with Crippen LogP contribution in [0.25, 0.3) is 0 Å². The van der Waals surface area contributed by atoms with E-state index in [0.717, 1.165) is 12.1 Å². The first kappa shape index (κ1) is 28.5. The lowest BCUT2D eigenvalue weighted by molar-refractivity contribution is -0.137. The molecule has 9 nitrogen and oxygen atoms in total. The highest BCUT2D eigenvalue weighted by atomic mass is 19.4. The smallest absolute Gasteiger partial charge is 0.396 e. The van der Waals surface area contributed by atoms with E-state index >= 15 is 4.39 Å². The Bertz CT molecular complexity index is 1040. The normalized spacial score (nSPS) is 19.4. The summed E-state index contributed by atoms with van der Waals surface area (Å²) in [4.78, 5) is 23.0. The third-order valence-electron chi connectivity index (χ3n) is 6.56. The third kappa shape index (κ3) is 7.27. The van der Waals surface area contributed by atoms with E-state index in [0.29, 0.717) is 25.1 Å². The molecule has 1 aliphatic heterocycles. The Kier molecular flexibility index (Phi) is 9.62. The highest BCUT2D eigenvalue weighted by Crippen LogP contribution is 2.30. The molecular weight excluding hydrogens is 496 g/mol. The van der Waals surface area contributed by atoms with Gasteiger partial charge in [0.25, 0.3) is 0 Å². The predicted octanol–water partition coefficient (Wildman–Crippen LogP) is 1.99. The van der Waals surface area contributed by atoms with Gasteiger partial charge in [-0.2, -0.15) is 17.6 Å². The molecule has 3 rings (SSSR count). The number of benzene rings is 1. The molecule has 204 valence electrons. The first-order chi connectivity index (χ1) is 17.5. The Hall–Kier alpha value is -3.03. The van der Waals surface area contributed by atoms with E-state index in [2.05, 4.69) is 15.3 Å². The predicted molar refractivity (Wildman–Crippen MR) is 129 cm³/mol. The number of nitrogens with two attached hydrogens (primary N) is 1. The number of primary amides is 1. The topological polar surface area (TPSA) is 128 Å². The number of β-amino-alcohol motifs (C(OH)–C–C–N with tert-alkyl or cyclic N) is 1. The minimum atomic E-state index is -4.44. The standard InChI is InChI=1S/C24H32F4N6O3/c1-2-33(12-15-3-5-17(6-4-15)24(26,27)28)23-20(25)22(31-14-32-23)30-11-16-7-9-34(13-19(16)36)18(8-10-35)21(29)37/h3-6,14,16,18-19,35-36H,2,7-13H2,1H3,(H2,29,37)(H,30,31,32)/t16-,18?,19+/m0/s1.